The monoisotopic (exact) mass is 679 g/mol. The molecule has 11 rings (SSSR count). The zero-order valence-electron chi connectivity index (χ0n) is 28.0. The summed E-state index contributed by atoms with van der Waals surface area (Å²) in [7, 11) is 0. The van der Waals surface area contributed by atoms with Crippen molar-refractivity contribution in [2.45, 2.75) is 0 Å². The average Bonchev–Trinajstić information content (AvgIpc) is 3.78. The van der Waals surface area contributed by atoms with Crippen LogP contribution < -0.4 is 0 Å². The van der Waals surface area contributed by atoms with E-state index in [4.69, 9.17) is 9.97 Å². The molecule has 8 aromatic carbocycles. The molecule has 0 atom stereocenters. The largest absolute Gasteiger partial charge is 0.277 e. The molecular weight excluding hydrogens is 651 g/mol. The maximum absolute atomic E-state index is 5.57. The number of thiophene rings is 1. The number of rotatable bonds is 4. The molecule has 0 aliphatic heterocycles. The standard InChI is InChI=1S/C48H29N3S/c1-3-15-30(16-4-1)32-27-33(31-17-5-2-6-18-31)29-34(28-32)45-37-21-9-12-24-40(37)49-48(50-45)51-41-25-13-10-22-38(41)43-44-39-23-11-14-26-42(39)52-47(44)36-20-8-7-19-35(36)46(43)51/h1-29H. The number of benzene rings is 8. The predicted molar refractivity (Wildman–Crippen MR) is 221 cm³/mol. The van der Waals surface area contributed by atoms with Crippen molar-refractivity contribution in [3.63, 3.8) is 0 Å². The van der Waals surface area contributed by atoms with Gasteiger partial charge < -0.3 is 0 Å². The van der Waals surface area contributed by atoms with E-state index in [-0.39, 0.29) is 0 Å². The molecule has 0 spiro atoms. The van der Waals surface area contributed by atoms with Crippen molar-refractivity contribution in [2.24, 2.45) is 0 Å². The average molecular weight is 680 g/mol. The molecule has 4 heteroatoms. The van der Waals surface area contributed by atoms with Gasteiger partial charge in [0, 0.05) is 52.7 Å². The Morgan fingerprint density at radius 2 is 0.962 bits per heavy atom. The highest BCUT2D eigenvalue weighted by atomic mass is 32.1. The molecule has 3 nitrogen and oxygen atoms in total. The highest BCUT2D eigenvalue weighted by molar-refractivity contribution is 7.27. The summed E-state index contributed by atoms with van der Waals surface area (Å²) in [6.07, 6.45) is 0. The third-order valence-electron chi connectivity index (χ3n) is 10.4. The Kier molecular flexibility index (Phi) is 6.42. The maximum atomic E-state index is 5.57. The van der Waals surface area contributed by atoms with Gasteiger partial charge in [0.25, 0.3) is 0 Å². The van der Waals surface area contributed by atoms with E-state index in [1.807, 2.05) is 11.3 Å². The van der Waals surface area contributed by atoms with Gasteiger partial charge in [0.2, 0.25) is 5.95 Å². The van der Waals surface area contributed by atoms with Crippen molar-refractivity contribution < 1.29 is 0 Å². The molecule has 11 aromatic rings. The Balaban J connectivity index is 1.28. The summed E-state index contributed by atoms with van der Waals surface area (Å²) >= 11 is 1.88. The highest BCUT2D eigenvalue weighted by Gasteiger charge is 2.23. The Labute approximate surface area is 303 Å². The minimum Gasteiger partial charge on any atom is -0.277 e. The van der Waals surface area contributed by atoms with E-state index in [1.54, 1.807) is 0 Å². The lowest BCUT2D eigenvalue weighted by Gasteiger charge is -2.15. The van der Waals surface area contributed by atoms with Crippen LogP contribution in [0.15, 0.2) is 176 Å². The van der Waals surface area contributed by atoms with Crippen molar-refractivity contribution in [3.05, 3.63) is 176 Å². The van der Waals surface area contributed by atoms with E-state index in [0.717, 1.165) is 44.3 Å². The molecule has 0 saturated carbocycles. The second-order valence-electron chi connectivity index (χ2n) is 13.3. The molecule has 0 bridgehead atoms. The number of hydrogen-bond donors (Lipinski definition) is 0. The normalized spacial score (nSPS) is 11.8. The van der Waals surface area contributed by atoms with E-state index in [9.17, 15) is 0 Å². The van der Waals surface area contributed by atoms with Gasteiger partial charge in [-0.2, -0.15) is 0 Å². The molecule has 0 unspecified atom stereocenters. The molecule has 0 aliphatic rings. The van der Waals surface area contributed by atoms with Crippen LogP contribution in [0.2, 0.25) is 0 Å². The maximum Gasteiger partial charge on any atom is 0.235 e. The van der Waals surface area contributed by atoms with Crippen molar-refractivity contribution in [2.75, 3.05) is 0 Å². The SMILES string of the molecule is c1ccc(-c2cc(-c3ccccc3)cc(-c3nc(-n4c5ccccc5c5c6c7ccccc7sc6c6ccccc6c54)nc4ccccc34)c2)cc1. The number of nitrogens with zero attached hydrogens (tertiary/aromatic N) is 3. The van der Waals surface area contributed by atoms with Crippen molar-refractivity contribution in [3.8, 4) is 39.5 Å². The number of hydrogen-bond acceptors (Lipinski definition) is 3. The Bertz CT molecular complexity index is 3120. The third-order valence-corrected chi connectivity index (χ3v) is 11.6. The van der Waals surface area contributed by atoms with E-state index >= 15 is 0 Å². The van der Waals surface area contributed by atoms with Gasteiger partial charge in [0.15, 0.2) is 0 Å². The molecule has 3 aromatic heterocycles. The minimum absolute atomic E-state index is 0.662. The Morgan fingerprint density at radius 3 is 1.69 bits per heavy atom. The lowest BCUT2D eigenvalue weighted by Crippen LogP contribution is -2.04. The summed E-state index contributed by atoms with van der Waals surface area (Å²) in [6.45, 7) is 0. The zero-order valence-corrected chi connectivity index (χ0v) is 28.8. The zero-order chi connectivity index (χ0) is 34.2. The van der Waals surface area contributed by atoms with Crippen LogP contribution in [0.5, 0.6) is 0 Å². The minimum atomic E-state index is 0.662. The van der Waals surface area contributed by atoms with Gasteiger partial charge in [-0.15, -0.1) is 11.3 Å². The van der Waals surface area contributed by atoms with E-state index < -0.39 is 0 Å². The van der Waals surface area contributed by atoms with Gasteiger partial charge in [-0.25, -0.2) is 9.97 Å². The van der Waals surface area contributed by atoms with Crippen molar-refractivity contribution in [1.82, 2.24) is 14.5 Å². The molecule has 0 radical (unpaired) electrons. The lowest BCUT2D eigenvalue weighted by atomic mass is 9.94. The first-order chi connectivity index (χ1) is 25.8. The summed E-state index contributed by atoms with van der Waals surface area (Å²) in [6, 6.07) is 62.9. The summed E-state index contributed by atoms with van der Waals surface area (Å²) < 4.78 is 4.93. The third kappa shape index (κ3) is 4.38. The number of fused-ring (bicyclic) bond motifs is 11. The van der Waals surface area contributed by atoms with Crippen LogP contribution in [0.25, 0.3) is 103 Å². The van der Waals surface area contributed by atoms with Crippen LogP contribution in [-0.4, -0.2) is 14.5 Å². The fourth-order valence-electron chi connectivity index (χ4n) is 8.07. The lowest BCUT2D eigenvalue weighted by molar-refractivity contribution is 1.02. The molecule has 0 fully saturated rings. The van der Waals surface area contributed by atoms with Crippen LogP contribution in [0.1, 0.15) is 0 Å². The predicted octanol–water partition coefficient (Wildman–Crippen LogP) is 13.2. The highest BCUT2D eigenvalue weighted by Crippen LogP contribution is 2.48. The van der Waals surface area contributed by atoms with Gasteiger partial charge in [0.05, 0.1) is 22.2 Å². The first-order valence-corrected chi connectivity index (χ1v) is 18.4. The van der Waals surface area contributed by atoms with Gasteiger partial charge in [-0.05, 0) is 58.7 Å². The summed E-state index contributed by atoms with van der Waals surface area (Å²) in [5, 5.41) is 8.50. The Hall–Kier alpha value is -6.62. The van der Waals surface area contributed by atoms with Crippen LogP contribution in [0.3, 0.4) is 0 Å². The van der Waals surface area contributed by atoms with Crippen LogP contribution in [0.4, 0.5) is 0 Å². The van der Waals surface area contributed by atoms with E-state index in [0.29, 0.717) is 5.95 Å². The van der Waals surface area contributed by atoms with Gasteiger partial charge in [0.1, 0.15) is 0 Å². The summed E-state index contributed by atoms with van der Waals surface area (Å²) in [5.74, 6) is 0.662. The number of para-hydroxylation sites is 2. The summed E-state index contributed by atoms with van der Waals surface area (Å²) in [5.41, 5.74) is 9.73. The number of aromatic nitrogens is 3. The molecule has 52 heavy (non-hydrogen) atoms. The molecule has 0 amide bonds. The second-order valence-corrected chi connectivity index (χ2v) is 14.4. The first-order valence-electron chi connectivity index (χ1n) is 17.6. The van der Waals surface area contributed by atoms with Gasteiger partial charge >= 0.3 is 0 Å². The van der Waals surface area contributed by atoms with Crippen LogP contribution >= 0.6 is 11.3 Å². The smallest absolute Gasteiger partial charge is 0.235 e. The fourth-order valence-corrected chi connectivity index (χ4v) is 9.32. The molecule has 0 N–H and O–H groups in total. The van der Waals surface area contributed by atoms with Crippen LogP contribution in [0, 0.1) is 0 Å². The van der Waals surface area contributed by atoms with Crippen molar-refractivity contribution >= 4 is 75.0 Å². The van der Waals surface area contributed by atoms with Crippen LogP contribution in [-0.2, 0) is 0 Å². The first kappa shape index (κ1) is 29.1. The van der Waals surface area contributed by atoms with Gasteiger partial charge in [-0.1, -0.05) is 140 Å². The van der Waals surface area contributed by atoms with E-state index in [2.05, 4.69) is 180 Å². The van der Waals surface area contributed by atoms with Gasteiger partial charge in [-0.3, -0.25) is 4.57 Å². The molecule has 3 heterocycles. The second kappa shape index (κ2) is 11.5. The van der Waals surface area contributed by atoms with E-state index in [1.165, 1.54) is 52.8 Å². The van der Waals surface area contributed by atoms with Crippen molar-refractivity contribution in [1.29, 1.82) is 0 Å². The molecule has 0 saturated heterocycles. The fraction of sp³-hybridized carbons (Fsp3) is 0. The topological polar surface area (TPSA) is 30.7 Å². The molecular formula is C48H29N3S. The summed E-state index contributed by atoms with van der Waals surface area (Å²) in [4.78, 5) is 10.9. The Morgan fingerprint density at radius 1 is 0.404 bits per heavy atom. The molecule has 0 aliphatic carbocycles. The quantitative estimate of drug-likeness (QED) is 0.185. The molecule has 242 valence electrons.